The summed E-state index contributed by atoms with van der Waals surface area (Å²) in [5, 5.41) is 8.29. The van der Waals surface area contributed by atoms with Gasteiger partial charge in [-0.25, -0.2) is 0 Å². The molecule has 0 aromatic heterocycles. The summed E-state index contributed by atoms with van der Waals surface area (Å²) in [4.78, 5) is 20.5. The van der Waals surface area contributed by atoms with Crippen molar-refractivity contribution < 1.29 is 19.4 Å². The van der Waals surface area contributed by atoms with Crippen LogP contribution in [-0.4, -0.2) is 36.1 Å². The third-order valence-electron chi connectivity index (χ3n) is 1.07. The lowest BCUT2D eigenvalue weighted by atomic mass is 10.2. The third kappa shape index (κ3) is 7.17. The lowest BCUT2D eigenvalue weighted by Gasteiger charge is -2.07. The van der Waals surface area contributed by atoms with E-state index in [9.17, 15) is 9.59 Å². The van der Waals surface area contributed by atoms with E-state index in [1.54, 1.807) is 0 Å². The number of hydrogen-bond acceptors (Lipinski definition) is 4. The molecule has 70 valence electrons. The molecule has 0 aliphatic rings. The fourth-order valence-corrected chi connectivity index (χ4v) is 0.637. The molecule has 1 unspecified atom stereocenters. The van der Waals surface area contributed by atoms with Crippen molar-refractivity contribution in [1.29, 1.82) is 0 Å². The quantitative estimate of drug-likeness (QED) is 0.562. The molecular formula is C7H13NO4. The molecule has 0 amide bonds. The molecular weight excluding hydrogens is 162 g/mol. The van der Waals surface area contributed by atoms with Crippen LogP contribution in [-0.2, 0) is 14.3 Å². The van der Waals surface area contributed by atoms with Gasteiger partial charge in [-0.3, -0.25) is 9.59 Å². The van der Waals surface area contributed by atoms with Gasteiger partial charge in [0.2, 0.25) is 0 Å². The zero-order chi connectivity index (χ0) is 9.56. The Hall–Kier alpha value is -0.940. The van der Waals surface area contributed by atoms with Crippen molar-refractivity contribution >= 4 is 11.8 Å². The van der Waals surface area contributed by atoms with Crippen molar-refractivity contribution in [2.75, 3.05) is 13.2 Å². The maximum Gasteiger partial charge on any atom is 0.305 e. The molecule has 0 bridgehead atoms. The van der Waals surface area contributed by atoms with Gasteiger partial charge < -0.3 is 15.6 Å². The van der Waals surface area contributed by atoms with Crippen LogP contribution in [0.1, 0.15) is 13.3 Å². The number of carbonyl (C=O) groups excluding carboxylic acids is 1. The molecule has 5 heteroatoms. The first-order valence-electron chi connectivity index (χ1n) is 3.57. The van der Waals surface area contributed by atoms with Crippen LogP contribution in [0.25, 0.3) is 0 Å². The summed E-state index contributed by atoms with van der Waals surface area (Å²) in [7, 11) is 0. The van der Waals surface area contributed by atoms with Crippen molar-refractivity contribution in [2.24, 2.45) is 5.73 Å². The number of ether oxygens (including phenoxy) is 1. The largest absolute Gasteiger partial charge is 0.481 e. The maximum absolute atomic E-state index is 10.4. The molecule has 0 saturated heterocycles. The Morgan fingerprint density at radius 1 is 1.58 bits per heavy atom. The number of hydrogen-bond donors (Lipinski definition) is 2. The molecule has 5 nitrogen and oxygen atoms in total. The van der Waals surface area contributed by atoms with Gasteiger partial charge in [-0.2, -0.15) is 0 Å². The van der Waals surface area contributed by atoms with Gasteiger partial charge in [-0.05, 0) is 6.92 Å². The van der Waals surface area contributed by atoms with Gasteiger partial charge in [0, 0.05) is 6.04 Å². The Bertz CT molecular complexity index is 169. The minimum Gasteiger partial charge on any atom is -0.481 e. The van der Waals surface area contributed by atoms with Crippen LogP contribution in [0.15, 0.2) is 0 Å². The number of Topliss-reactive ketones (excluding diaryl/α,β-unsaturated/α-hetero) is 1. The highest BCUT2D eigenvalue weighted by Crippen LogP contribution is 1.89. The molecule has 0 fully saturated rings. The molecule has 0 spiro atoms. The predicted molar refractivity (Wildman–Crippen MR) is 41.7 cm³/mol. The first-order chi connectivity index (χ1) is 5.52. The normalized spacial score (nSPS) is 12.5. The van der Waals surface area contributed by atoms with E-state index in [2.05, 4.69) is 0 Å². The second kappa shape index (κ2) is 5.68. The molecule has 0 aromatic carbocycles. The van der Waals surface area contributed by atoms with Crippen LogP contribution < -0.4 is 5.73 Å². The molecule has 0 aliphatic carbocycles. The Morgan fingerprint density at radius 3 is 2.58 bits per heavy atom. The number of ketones is 1. The summed E-state index contributed by atoms with van der Waals surface area (Å²) < 4.78 is 4.82. The molecule has 3 N–H and O–H groups in total. The summed E-state index contributed by atoms with van der Waals surface area (Å²) in [6.45, 7) is 1.49. The SMILES string of the molecule is CC(=O)COCC(N)CC(=O)O. The second-order valence-electron chi connectivity index (χ2n) is 2.58. The van der Waals surface area contributed by atoms with Crippen LogP contribution in [0.5, 0.6) is 0 Å². The van der Waals surface area contributed by atoms with E-state index < -0.39 is 12.0 Å². The molecule has 0 heterocycles. The Labute approximate surface area is 70.5 Å². The van der Waals surface area contributed by atoms with Crippen LogP contribution in [0.2, 0.25) is 0 Å². The fourth-order valence-electron chi connectivity index (χ4n) is 0.637. The molecule has 0 rings (SSSR count). The Kier molecular flexibility index (Phi) is 5.23. The Balaban J connectivity index is 3.37. The van der Waals surface area contributed by atoms with Crippen molar-refractivity contribution in [3.05, 3.63) is 0 Å². The van der Waals surface area contributed by atoms with Crippen molar-refractivity contribution in [1.82, 2.24) is 0 Å². The molecule has 12 heavy (non-hydrogen) atoms. The highest BCUT2D eigenvalue weighted by Gasteiger charge is 2.07. The number of carbonyl (C=O) groups is 2. The summed E-state index contributed by atoms with van der Waals surface area (Å²) in [5.74, 6) is -1.06. The molecule has 0 aromatic rings. The number of nitrogens with two attached hydrogens (primary N) is 1. The summed E-state index contributed by atoms with van der Waals surface area (Å²) in [6.07, 6.45) is -0.141. The molecule has 0 saturated carbocycles. The highest BCUT2D eigenvalue weighted by molar-refractivity contribution is 5.76. The minimum absolute atomic E-state index is 0.00663. The Morgan fingerprint density at radius 2 is 2.17 bits per heavy atom. The summed E-state index contributed by atoms with van der Waals surface area (Å²) in [5.41, 5.74) is 5.34. The number of carboxylic acid groups (broad SMARTS) is 1. The number of rotatable bonds is 6. The second-order valence-corrected chi connectivity index (χ2v) is 2.58. The van der Waals surface area contributed by atoms with E-state index in [1.807, 2.05) is 0 Å². The van der Waals surface area contributed by atoms with Gasteiger partial charge >= 0.3 is 5.97 Å². The summed E-state index contributed by atoms with van der Waals surface area (Å²) >= 11 is 0. The van der Waals surface area contributed by atoms with Gasteiger partial charge in [0.25, 0.3) is 0 Å². The third-order valence-corrected chi connectivity index (χ3v) is 1.07. The first kappa shape index (κ1) is 11.1. The molecule has 0 aliphatic heterocycles. The van der Waals surface area contributed by atoms with Gasteiger partial charge in [0.05, 0.1) is 13.0 Å². The van der Waals surface area contributed by atoms with E-state index in [-0.39, 0.29) is 25.4 Å². The highest BCUT2D eigenvalue weighted by atomic mass is 16.5. The van der Waals surface area contributed by atoms with Gasteiger partial charge in [-0.1, -0.05) is 0 Å². The van der Waals surface area contributed by atoms with Crippen molar-refractivity contribution in [3.63, 3.8) is 0 Å². The van der Waals surface area contributed by atoms with Gasteiger partial charge in [0.1, 0.15) is 6.61 Å². The lowest BCUT2D eigenvalue weighted by Crippen LogP contribution is -2.29. The average Bonchev–Trinajstić information content (AvgIpc) is 1.84. The zero-order valence-corrected chi connectivity index (χ0v) is 6.95. The van der Waals surface area contributed by atoms with E-state index in [0.29, 0.717) is 0 Å². The monoisotopic (exact) mass is 175 g/mol. The van der Waals surface area contributed by atoms with E-state index >= 15 is 0 Å². The average molecular weight is 175 g/mol. The van der Waals surface area contributed by atoms with E-state index in [0.717, 1.165) is 0 Å². The predicted octanol–water partition coefficient (Wildman–Crippen LogP) is -0.606. The first-order valence-corrected chi connectivity index (χ1v) is 3.57. The number of aliphatic carboxylic acids is 1. The van der Waals surface area contributed by atoms with Crippen molar-refractivity contribution in [2.45, 2.75) is 19.4 Å². The maximum atomic E-state index is 10.4. The smallest absolute Gasteiger partial charge is 0.305 e. The molecule has 0 radical (unpaired) electrons. The van der Waals surface area contributed by atoms with Gasteiger partial charge in [0.15, 0.2) is 5.78 Å². The summed E-state index contributed by atoms with van der Waals surface area (Å²) in [6, 6.07) is -0.540. The van der Waals surface area contributed by atoms with Crippen LogP contribution in [0, 0.1) is 0 Å². The van der Waals surface area contributed by atoms with Crippen LogP contribution in [0.4, 0.5) is 0 Å². The van der Waals surface area contributed by atoms with E-state index in [4.69, 9.17) is 15.6 Å². The van der Waals surface area contributed by atoms with Crippen LogP contribution >= 0.6 is 0 Å². The van der Waals surface area contributed by atoms with Crippen molar-refractivity contribution in [3.8, 4) is 0 Å². The zero-order valence-electron chi connectivity index (χ0n) is 6.95. The fraction of sp³-hybridized carbons (Fsp3) is 0.714. The molecule has 1 atom stereocenters. The lowest BCUT2D eigenvalue weighted by molar-refractivity contribution is -0.137. The minimum atomic E-state index is -0.964. The topological polar surface area (TPSA) is 89.6 Å². The number of carboxylic acids is 1. The standard InChI is InChI=1S/C7H13NO4/c1-5(9)3-12-4-6(8)2-7(10)11/h6H,2-4,8H2,1H3,(H,10,11). The van der Waals surface area contributed by atoms with Crippen LogP contribution in [0.3, 0.4) is 0 Å². The van der Waals surface area contributed by atoms with Gasteiger partial charge in [-0.15, -0.1) is 0 Å². The van der Waals surface area contributed by atoms with E-state index in [1.165, 1.54) is 6.92 Å².